The smallest absolute Gasteiger partial charge is 0.274 e. The Bertz CT molecular complexity index is 668. The van der Waals surface area contributed by atoms with Crippen LogP contribution >= 0.6 is 11.6 Å². The summed E-state index contributed by atoms with van der Waals surface area (Å²) in [6, 6.07) is 12.9. The molecular weight excluding hydrogens is 298 g/mol. The second-order valence-corrected chi connectivity index (χ2v) is 5.75. The highest BCUT2D eigenvalue weighted by atomic mass is 35.5. The van der Waals surface area contributed by atoms with E-state index >= 15 is 0 Å². The van der Waals surface area contributed by atoms with Gasteiger partial charge in [-0.05, 0) is 43.5 Å². The monoisotopic (exact) mass is 315 g/mol. The topological polar surface area (TPSA) is 45.2 Å². The van der Waals surface area contributed by atoms with E-state index in [1.54, 1.807) is 18.2 Å². The molecule has 1 aliphatic heterocycles. The minimum absolute atomic E-state index is 0.244. The first-order valence-electron chi connectivity index (χ1n) is 7.52. The Morgan fingerprint density at radius 2 is 1.82 bits per heavy atom. The molecule has 0 atom stereocenters. The number of pyridine rings is 1. The summed E-state index contributed by atoms with van der Waals surface area (Å²) in [5.74, 6) is -0.244. The van der Waals surface area contributed by atoms with E-state index in [9.17, 15) is 4.79 Å². The largest absolute Gasteiger partial charge is 0.370 e. The van der Waals surface area contributed by atoms with Gasteiger partial charge >= 0.3 is 0 Å². The number of amides is 1. The van der Waals surface area contributed by atoms with Gasteiger partial charge in [0.2, 0.25) is 0 Å². The third-order valence-corrected chi connectivity index (χ3v) is 4.01. The molecule has 0 radical (unpaired) electrons. The predicted molar refractivity (Wildman–Crippen MR) is 89.7 cm³/mol. The molecule has 2 heterocycles. The molecule has 1 aromatic carbocycles. The summed E-state index contributed by atoms with van der Waals surface area (Å²) in [6.45, 7) is 2.06. The molecule has 0 unspecified atom stereocenters. The van der Waals surface area contributed by atoms with Crippen LogP contribution in [0.3, 0.4) is 0 Å². The Kier molecular flexibility index (Phi) is 4.59. The van der Waals surface area contributed by atoms with Crippen LogP contribution in [-0.2, 0) is 0 Å². The normalized spacial score (nSPS) is 14.7. The van der Waals surface area contributed by atoms with Gasteiger partial charge < -0.3 is 10.2 Å². The molecule has 0 bridgehead atoms. The second kappa shape index (κ2) is 6.79. The van der Waals surface area contributed by atoms with E-state index in [1.165, 1.54) is 19.3 Å². The van der Waals surface area contributed by atoms with Gasteiger partial charge in [-0.25, -0.2) is 4.98 Å². The zero-order chi connectivity index (χ0) is 15.4. The Balaban J connectivity index is 1.81. The van der Waals surface area contributed by atoms with Gasteiger partial charge in [-0.3, -0.25) is 4.79 Å². The number of nitrogens with zero attached hydrogens (tertiary/aromatic N) is 2. The fraction of sp³-hybridized carbons (Fsp3) is 0.294. The number of piperidine rings is 1. The van der Waals surface area contributed by atoms with Crippen LogP contribution in [-0.4, -0.2) is 24.0 Å². The van der Waals surface area contributed by atoms with Crippen molar-refractivity contribution in [2.45, 2.75) is 19.3 Å². The van der Waals surface area contributed by atoms with Crippen molar-refractivity contribution in [2.24, 2.45) is 0 Å². The van der Waals surface area contributed by atoms with Crippen molar-refractivity contribution >= 4 is 28.9 Å². The van der Waals surface area contributed by atoms with Gasteiger partial charge in [-0.2, -0.15) is 0 Å². The standard InChI is InChI=1S/C17H18ClN3O/c18-16-10-6-8-14(19-16)17(22)20-13-7-2-3-9-15(13)21-11-4-1-5-12-21/h2-3,6-10H,1,4-5,11-12H2,(H,20,22). The summed E-state index contributed by atoms with van der Waals surface area (Å²) >= 11 is 5.85. The highest BCUT2D eigenvalue weighted by Gasteiger charge is 2.16. The van der Waals surface area contributed by atoms with Crippen LogP contribution in [0.2, 0.25) is 5.15 Å². The summed E-state index contributed by atoms with van der Waals surface area (Å²) in [4.78, 5) is 18.7. The first kappa shape index (κ1) is 14.9. The molecule has 1 N–H and O–H groups in total. The van der Waals surface area contributed by atoms with Gasteiger partial charge in [-0.1, -0.05) is 29.8 Å². The third-order valence-electron chi connectivity index (χ3n) is 3.80. The number of carbonyl (C=O) groups excluding carboxylic acids is 1. The van der Waals surface area contributed by atoms with E-state index in [4.69, 9.17) is 11.6 Å². The molecule has 0 saturated carbocycles. The maximum Gasteiger partial charge on any atom is 0.274 e. The third kappa shape index (κ3) is 3.39. The lowest BCUT2D eigenvalue weighted by Crippen LogP contribution is -2.30. The van der Waals surface area contributed by atoms with Crippen LogP contribution in [0.4, 0.5) is 11.4 Å². The van der Waals surface area contributed by atoms with Crippen molar-refractivity contribution < 1.29 is 4.79 Å². The van der Waals surface area contributed by atoms with Gasteiger partial charge in [0, 0.05) is 13.1 Å². The molecular formula is C17H18ClN3O. The summed E-state index contributed by atoms with van der Waals surface area (Å²) in [5.41, 5.74) is 2.20. The number of carbonyl (C=O) groups is 1. The molecule has 5 heteroatoms. The first-order valence-corrected chi connectivity index (χ1v) is 7.90. The number of nitrogens with one attached hydrogen (secondary N) is 1. The summed E-state index contributed by atoms with van der Waals surface area (Å²) < 4.78 is 0. The van der Waals surface area contributed by atoms with Crippen molar-refractivity contribution in [2.75, 3.05) is 23.3 Å². The molecule has 2 aromatic rings. The number of anilines is 2. The van der Waals surface area contributed by atoms with Gasteiger partial charge in [0.05, 0.1) is 11.4 Å². The van der Waals surface area contributed by atoms with Crippen LogP contribution < -0.4 is 10.2 Å². The summed E-state index contributed by atoms with van der Waals surface area (Å²) in [6.07, 6.45) is 3.66. The second-order valence-electron chi connectivity index (χ2n) is 5.36. The summed E-state index contributed by atoms with van der Waals surface area (Å²) in [7, 11) is 0. The lowest BCUT2D eigenvalue weighted by Gasteiger charge is -2.30. The molecule has 3 rings (SSSR count). The van der Waals surface area contributed by atoms with Gasteiger partial charge in [0.25, 0.3) is 5.91 Å². The molecule has 1 amide bonds. The maximum absolute atomic E-state index is 12.4. The number of benzene rings is 1. The number of para-hydroxylation sites is 2. The highest BCUT2D eigenvalue weighted by Crippen LogP contribution is 2.28. The fourth-order valence-corrected chi connectivity index (χ4v) is 2.87. The first-order chi connectivity index (χ1) is 10.7. The highest BCUT2D eigenvalue weighted by molar-refractivity contribution is 6.29. The SMILES string of the molecule is O=C(Nc1ccccc1N1CCCCC1)c1cccc(Cl)n1. The van der Waals surface area contributed by atoms with E-state index in [0.717, 1.165) is 24.5 Å². The predicted octanol–water partition coefficient (Wildman–Crippen LogP) is 3.98. The Morgan fingerprint density at radius 3 is 2.59 bits per heavy atom. The minimum atomic E-state index is -0.244. The van der Waals surface area contributed by atoms with Crippen molar-refractivity contribution in [1.29, 1.82) is 0 Å². The van der Waals surface area contributed by atoms with E-state index in [-0.39, 0.29) is 5.91 Å². The van der Waals surface area contributed by atoms with Crippen LogP contribution in [0.15, 0.2) is 42.5 Å². The maximum atomic E-state index is 12.4. The van der Waals surface area contributed by atoms with E-state index < -0.39 is 0 Å². The number of rotatable bonds is 3. The van der Waals surface area contributed by atoms with Crippen LogP contribution in [0, 0.1) is 0 Å². The molecule has 1 fully saturated rings. The average Bonchev–Trinajstić information content (AvgIpc) is 2.56. The van der Waals surface area contributed by atoms with Crippen molar-refractivity contribution in [3.63, 3.8) is 0 Å². The lowest BCUT2D eigenvalue weighted by molar-refractivity contribution is 0.102. The van der Waals surface area contributed by atoms with E-state index in [2.05, 4.69) is 15.2 Å². The molecule has 1 aliphatic rings. The number of halogens is 1. The van der Waals surface area contributed by atoms with Gasteiger partial charge in [0.1, 0.15) is 10.8 Å². The molecule has 1 aromatic heterocycles. The van der Waals surface area contributed by atoms with Gasteiger partial charge in [0.15, 0.2) is 0 Å². The molecule has 0 aliphatic carbocycles. The lowest BCUT2D eigenvalue weighted by atomic mass is 10.1. The van der Waals surface area contributed by atoms with Gasteiger partial charge in [-0.15, -0.1) is 0 Å². The van der Waals surface area contributed by atoms with Crippen molar-refractivity contribution in [1.82, 2.24) is 4.98 Å². The zero-order valence-electron chi connectivity index (χ0n) is 12.3. The fourth-order valence-electron chi connectivity index (χ4n) is 2.71. The van der Waals surface area contributed by atoms with Crippen molar-refractivity contribution in [3.05, 3.63) is 53.3 Å². The molecule has 1 saturated heterocycles. The number of hydrogen-bond donors (Lipinski definition) is 1. The van der Waals surface area contributed by atoms with Crippen LogP contribution in [0.5, 0.6) is 0 Å². The molecule has 114 valence electrons. The zero-order valence-corrected chi connectivity index (χ0v) is 13.0. The van der Waals surface area contributed by atoms with Crippen LogP contribution in [0.25, 0.3) is 0 Å². The average molecular weight is 316 g/mol. The Morgan fingerprint density at radius 1 is 1.05 bits per heavy atom. The van der Waals surface area contributed by atoms with Crippen molar-refractivity contribution in [3.8, 4) is 0 Å². The quantitative estimate of drug-likeness (QED) is 0.871. The van der Waals surface area contributed by atoms with E-state index in [0.29, 0.717) is 10.8 Å². The molecule has 22 heavy (non-hydrogen) atoms. The Hall–Kier alpha value is -2.07. The number of hydrogen-bond acceptors (Lipinski definition) is 3. The minimum Gasteiger partial charge on any atom is -0.370 e. The van der Waals surface area contributed by atoms with Crippen LogP contribution in [0.1, 0.15) is 29.8 Å². The Labute approximate surface area is 135 Å². The molecule has 4 nitrogen and oxygen atoms in total. The molecule has 0 spiro atoms. The summed E-state index contributed by atoms with van der Waals surface area (Å²) in [5, 5.41) is 3.27. The van der Waals surface area contributed by atoms with E-state index in [1.807, 2.05) is 24.3 Å². The number of aromatic nitrogens is 1.